The van der Waals surface area contributed by atoms with Gasteiger partial charge in [0.05, 0.1) is 18.5 Å². The fourth-order valence-corrected chi connectivity index (χ4v) is 0.902. The van der Waals surface area contributed by atoms with Crippen molar-refractivity contribution in [2.45, 2.75) is 6.42 Å². The Morgan fingerprint density at radius 3 is 3.14 bits per heavy atom. The van der Waals surface area contributed by atoms with Crippen LogP contribution in [-0.4, -0.2) is 23.7 Å². The molecule has 0 radical (unpaired) electrons. The summed E-state index contributed by atoms with van der Waals surface area (Å²) in [7, 11) is 1.62. The lowest BCUT2D eigenvalue weighted by molar-refractivity contribution is 0.206. The predicted octanol–water partition coefficient (Wildman–Crippen LogP) is 1.10. The van der Waals surface area contributed by atoms with Crippen LogP contribution in [0.15, 0.2) is 6.20 Å². The molecule has 0 amide bonds. The number of ether oxygens (including phenoxy) is 1. The number of aromatic nitrogens is 2. The summed E-state index contributed by atoms with van der Waals surface area (Å²) in [6.45, 7) is 0.589. The van der Waals surface area contributed by atoms with Crippen molar-refractivity contribution < 1.29 is 4.74 Å². The Morgan fingerprint density at radius 1 is 1.64 bits per heavy atom. The Kier molecular flexibility index (Phi) is 4.17. The summed E-state index contributed by atoms with van der Waals surface area (Å²) in [4.78, 5) is 7.61. The Hall–Kier alpha value is -1.31. The molecule has 0 aliphatic rings. The molecule has 0 spiro atoms. The van der Waals surface area contributed by atoms with Crippen LogP contribution in [0.25, 0.3) is 0 Å². The summed E-state index contributed by atoms with van der Waals surface area (Å²) < 4.78 is 4.84. The first-order valence-corrected chi connectivity index (χ1v) is 4.37. The molecule has 0 atom stereocenters. The third-order valence-corrected chi connectivity index (χ3v) is 1.61. The number of hydrogen-bond acceptors (Lipinski definition) is 4. The van der Waals surface area contributed by atoms with E-state index in [-0.39, 0.29) is 5.28 Å². The zero-order valence-electron chi connectivity index (χ0n) is 7.75. The molecule has 1 rings (SSSR count). The molecule has 4 nitrogen and oxygen atoms in total. The van der Waals surface area contributed by atoms with E-state index in [0.717, 1.165) is 0 Å². The molecule has 0 saturated carbocycles. The second-order valence-electron chi connectivity index (χ2n) is 2.49. The van der Waals surface area contributed by atoms with E-state index in [9.17, 15) is 0 Å². The largest absolute Gasteiger partial charge is 0.395 e. The van der Waals surface area contributed by atoms with E-state index < -0.39 is 0 Å². The summed E-state index contributed by atoms with van der Waals surface area (Å²) >= 11 is 5.59. The maximum Gasteiger partial charge on any atom is 0.223 e. The number of hydrogen-bond donors (Lipinski definition) is 1. The topological polar surface area (TPSA) is 61.0 Å². The molecule has 0 aliphatic heterocycles. The van der Waals surface area contributed by atoms with Crippen LogP contribution >= 0.6 is 11.6 Å². The van der Waals surface area contributed by atoms with E-state index in [1.54, 1.807) is 7.11 Å². The lowest BCUT2D eigenvalue weighted by atomic mass is 10.3. The standard InChI is InChI=1S/C9H10ClN3O/c1-14-5-3-2-4-8-7(11)6-12-9(10)13-8/h6H,3,5,11H2,1H3. The van der Waals surface area contributed by atoms with E-state index in [2.05, 4.69) is 21.8 Å². The first-order chi connectivity index (χ1) is 6.74. The van der Waals surface area contributed by atoms with Crippen LogP contribution in [0, 0.1) is 11.8 Å². The number of methoxy groups -OCH3 is 1. The molecule has 2 N–H and O–H groups in total. The van der Waals surface area contributed by atoms with Crippen molar-refractivity contribution >= 4 is 17.3 Å². The van der Waals surface area contributed by atoms with Crippen LogP contribution < -0.4 is 5.73 Å². The number of rotatable bonds is 2. The van der Waals surface area contributed by atoms with Gasteiger partial charge in [0.2, 0.25) is 5.28 Å². The molecule has 14 heavy (non-hydrogen) atoms. The van der Waals surface area contributed by atoms with Crippen LogP contribution in [0.1, 0.15) is 12.1 Å². The summed E-state index contributed by atoms with van der Waals surface area (Å²) in [5.41, 5.74) is 6.48. The quantitative estimate of drug-likeness (QED) is 0.452. The smallest absolute Gasteiger partial charge is 0.223 e. The summed E-state index contributed by atoms with van der Waals surface area (Å²) in [6.07, 6.45) is 2.08. The van der Waals surface area contributed by atoms with Gasteiger partial charge in [-0.15, -0.1) is 0 Å². The monoisotopic (exact) mass is 211 g/mol. The number of nitrogen functional groups attached to an aromatic ring is 1. The maximum absolute atomic E-state index is 5.59. The van der Waals surface area contributed by atoms with E-state index in [1.165, 1.54) is 6.20 Å². The van der Waals surface area contributed by atoms with Crippen LogP contribution in [0.3, 0.4) is 0 Å². The summed E-state index contributed by atoms with van der Waals surface area (Å²) in [5.74, 6) is 5.66. The van der Waals surface area contributed by atoms with Gasteiger partial charge >= 0.3 is 0 Å². The fourth-order valence-electron chi connectivity index (χ4n) is 0.769. The minimum Gasteiger partial charge on any atom is -0.395 e. The highest BCUT2D eigenvalue weighted by Gasteiger charge is 1.98. The lowest BCUT2D eigenvalue weighted by Crippen LogP contribution is -1.96. The molecular formula is C9H10ClN3O. The van der Waals surface area contributed by atoms with Gasteiger partial charge in [-0.05, 0) is 17.5 Å². The minimum atomic E-state index is 0.148. The second kappa shape index (κ2) is 5.43. The highest BCUT2D eigenvalue weighted by Crippen LogP contribution is 2.08. The molecule has 0 unspecified atom stereocenters. The van der Waals surface area contributed by atoms with Crippen LogP contribution in [0.4, 0.5) is 5.69 Å². The van der Waals surface area contributed by atoms with Gasteiger partial charge < -0.3 is 10.5 Å². The van der Waals surface area contributed by atoms with Gasteiger partial charge in [0.15, 0.2) is 0 Å². The maximum atomic E-state index is 5.59. The van der Waals surface area contributed by atoms with Crippen molar-refractivity contribution in [2.75, 3.05) is 19.5 Å². The van der Waals surface area contributed by atoms with Crippen LogP contribution in [-0.2, 0) is 4.74 Å². The first kappa shape index (κ1) is 10.8. The molecule has 1 aromatic rings. The normalized spacial score (nSPS) is 9.29. The lowest BCUT2D eigenvalue weighted by Gasteiger charge is -1.95. The molecule has 0 saturated heterocycles. The number of nitrogens with two attached hydrogens (primary N) is 1. The highest BCUT2D eigenvalue weighted by molar-refractivity contribution is 6.28. The van der Waals surface area contributed by atoms with E-state index >= 15 is 0 Å². The SMILES string of the molecule is COCCC#Cc1nc(Cl)ncc1N. The van der Waals surface area contributed by atoms with Crippen molar-refractivity contribution in [3.05, 3.63) is 17.2 Å². The van der Waals surface area contributed by atoms with Crippen molar-refractivity contribution in [3.8, 4) is 11.8 Å². The molecule has 5 heteroatoms. The zero-order valence-corrected chi connectivity index (χ0v) is 8.51. The van der Waals surface area contributed by atoms with Gasteiger partial charge in [0, 0.05) is 13.5 Å². The molecule has 74 valence electrons. The number of nitrogens with zero attached hydrogens (tertiary/aromatic N) is 2. The van der Waals surface area contributed by atoms with Gasteiger partial charge in [-0.3, -0.25) is 0 Å². The summed E-state index contributed by atoms with van der Waals surface area (Å²) in [6, 6.07) is 0. The molecular weight excluding hydrogens is 202 g/mol. The third kappa shape index (κ3) is 3.21. The van der Waals surface area contributed by atoms with Crippen molar-refractivity contribution in [1.82, 2.24) is 9.97 Å². The molecule has 0 fully saturated rings. The predicted molar refractivity (Wildman–Crippen MR) is 54.8 cm³/mol. The summed E-state index contributed by atoms with van der Waals surface area (Å²) in [5, 5.41) is 0.148. The Balaban J connectivity index is 2.73. The molecule has 0 aliphatic carbocycles. The molecule has 1 heterocycles. The van der Waals surface area contributed by atoms with Gasteiger partial charge in [-0.25, -0.2) is 9.97 Å². The van der Waals surface area contributed by atoms with Gasteiger partial charge in [-0.2, -0.15) is 0 Å². The van der Waals surface area contributed by atoms with E-state index in [1.807, 2.05) is 0 Å². The Labute approximate surface area is 87.5 Å². The van der Waals surface area contributed by atoms with Crippen LogP contribution in [0.5, 0.6) is 0 Å². The molecule has 0 bridgehead atoms. The zero-order chi connectivity index (χ0) is 10.4. The van der Waals surface area contributed by atoms with Crippen molar-refractivity contribution in [3.63, 3.8) is 0 Å². The van der Waals surface area contributed by atoms with E-state index in [4.69, 9.17) is 22.1 Å². The average molecular weight is 212 g/mol. The number of anilines is 1. The average Bonchev–Trinajstić information content (AvgIpc) is 2.18. The highest BCUT2D eigenvalue weighted by atomic mass is 35.5. The van der Waals surface area contributed by atoms with E-state index in [0.29, 0.717) is 24.4 Å². The Morgan fingerprint density at radius 2 is 2.43 bits per heavy atom. The van der Waals surface area contributed by atoms with Crippen LogP contribution in [0.2, 0.25) is 5.28 Å². The van der Waals surface area contributed by atoms with Crippen molar-refractivity contribution in [1.29, 1.82) is 0 Å². The van der Waals surface area contributed by atoms with Gasteiger partial charge in [-0.1, -0.05) is 5.92 Å². The molecule has 1 aromatic heterocycles. The molecule has 0 aromatic carbocycles. The fraction of sp³-hybridized carbons (Fsp3) is 0.333. The first-order valence-electron chi connectivity index (χ1n) is 4.00. The number of halogens is 1. The van der Waals surface area contributed by atoms with Gasteiger partial charge in [0.25, 0.3) is 0 Å². The minimum absolute atomic E-state index is 0.148. The van der Waals surface area contributed by atoms with Gasteiger partial charge in [0.1, 0.15) is 5.69 Å². The third-order valence-electron chi connectivity index (χ3n) is 1.43. The van der Waals surface area contributed by atoms with Crippen molar-refractivity contribution in [2.24, 2.45) is 0 Å². The Bertz CT molecular complexity index is 370. The second-order valence-corrected chi connectivity index (χ2v) is 2.83.